The number of hydrazone groups is 1. The summed E-state index contributed by atoms with van der Waals surface area (Å²) in [6, 6.07) is 24.3. The third-order valence-electron chi connectivity index (χ3n) is 5.07. The van der Waals surface area contributed by atoms with Crippen LogP contribution in [-0.2, 0) is 6.61 Å². The highest BCUT2D eigenvalue weighted by atomic mass is 32.1. The summed E-state index contributed by atoms with van der Waals surface area (Å²) in [5.74, 6) is 0.855. The first kappa shape index (κ1) is 21.9. The maximum atomic E-state index is 12.3. The van der Waals surface area contributed by atoms with Gasteiger partial charge >= 0.3 is 0 Å². The molecule has 0 fully saturated rings. The van der Waals surface area contributed by atoms with E-state index >= 15 is 0 Å². The number of rotatable bonds is 7. The molecule has 0 amide bonds. The fraction of sp³-hybridized carbons (Fsp3) is 0.0400. The van der Waals surface area contributed by atoms with Gasteiger partial charge in [0.1, 0.15) is 35.0 Å². The Bertz CT molecular complexity index is 1600. The van der Waals surface area contributed by atoms with Crippen LogP contribution in [0, 0.1) is 11.3 Å². The van der Waals surface area contributed by atoms with Crippen molar-refractivity contribution in [3.05, 3.63) is 99.8 Å². The van der Waals surface area contributed by atoms with Gasteiger partial charge in [-0.25, -0.2) is 10.4 Å². The van der Waals surface area contributed by atoms with Crippen LogP contribution in [-0.4, -0.2) is 24.9 Å². The van der Waals surface area contributed by atoms with Gasteiger partial charge in [-0.1, -0.05) is 36.4 Å². The molecule has 0 radical (unpaired) electrons. The molecule has 0 unspecified atom stereocenters. The number of H-pyrrole nitrogens is 1. The van der Waals surface area contributed by atoms with Gasteiger partial charge in [0.05, 0.1) is 23.6 Å². The fourth-order valence-corrected chi connectivity index (χ4v) is 3.85. The van der Waals surface area contributed by atoms with Gasteiger partial charge in [-0.15, -0.1) is 0 Å². The minimum absolute atomic E-state index is 0.0514. The number of fused-ring (bicyclic) bond motifs is 1. The third kappa shape index (κ3) is 5.05. The lowest BCUT2D eigenvalue weighted by Crippen LogP contribution is -2.16. The number of aromatic nitrogens is 4. The Morgan fingerprint density at radius 2 is 1.86 bits per heavy atom. The largest absolute Gasteiger partial charge is 0.489 e. The Balaban J connectivity index is 1.24. The lowest BCUT2D eigenvalue weighted by atomic mass is 10.1. The number of nitrogens with one attached hydrogen (secondary N) is 2. The first-order valence-corrected chi connectivity index (χ1v) is 11.3. The summed E-state index contributed by atoms with van der Waals surface area (Å²) < 4.78 is 14.3. The van der Waals surface area contributed by atoms with Crippen LogP contribution in [0.25, 0.3) is 22.3 Å². The Kier molecular flexibility index (Phi) is 6.23. The van der Waals surface area contributed by atoms with Crippen LogP contribution in [0.3, 0.4) is 0 Å². The number of hydrogen-bond acceptors (Lipinski definition) is 9. The number of aromatic amines is 1. The summed E-state index contributed by atoms with van der Waals surface area (Å²) >= 11 is 1.19. The number of nitriles is 1. The molecule has 0 atom stereocenters. The van der Waals surface area contributed by atoms with Crippen LogP contribution in [0.1, 0.15) is 16.7 Å². The van der Waals surface area contributed by atoms with Gasteiger partial charge < -0.3 is 4.74 Å². The average Bonchev–Trinajstić information content (AvgIpc) is 3.36. The zero-order valence-electron chi connectivity index (χ0n) is 18.2. The van der Waals surface area contributed by atoms with Crippen molar-refractivity contribution in [2.75, 3.05) is 5.43 Å². The second-order valence-corrected chi connectivity index (χ2v) is 7.96. The SMILES string of the molecule is N#Cc1c(-c2ccccc2)nc(NN=Cc2ccc(OCc3ccc4nsnc4c3)cc2)[nH]c1=O. The lowest BCUT2D eigenvalue weighted by Gasteiger charge is -2.07. The number of benzene rings is 3. The van der Waals surface area contributed by atoms with Crippen molar-refractivity contribution in [3.63, 3.8) is 0 Å². The van der Waals surface area contributed by atoms with Crippen molar-refractivity contribution in [2.45, 2.75) is 6.61 Å². The molecule has 35 heavy (non-hydrogen) atoms. The van der Waals surface area contributed by atoms with Crippen molar-refractivity contribution >= 4 is 34.9 Å². The van der Waals surface area contributed by atoms with E-state index in [-0.39, 0.29) is 11.5 Å². The molecule has 0 bridgehead atoms. The summed E-state index contributed by atoms with van der Waals surface area (Å²) in [6.07, 6.45) is 1.59. The van der Waals surface area contributed by atoms with Crippen LogP contribution >= 0.6 is 11.7 Å². The van der Waals surface area contributed by atoms with Gasteiger partial charge in [0.2, 0.25) is 5.95 Å². The second kappa shape index (κ2) is 9.94. The first-order valence-electron chi connectivity index (χ1n) is 10.5. The minimum Gasteiger partial charge on any atom is -0.489 e. The zero-order valence-corrected chi connectivity index (χ0v) is 19.0. The molecule has 2 heterocycles. The van der Waals surface area contributed by atoms with Gasteiger partial charge in [-0.05, 0) is 47.5 Å². The van der Waals surface area contributed by atoms with Gasteiger partial charge in [0.15, 0.2) is 0 Å². The van der Waals surface area contributed by atoms with Crippen molar-refractivity contribution in [3.8, 4) is 23.1 Å². The molecule has 5 rings (SSSR count). The maximum absolute atomic E-state index is 12.3. The molecule has 0 saturated heterocycles. The predicted octanol–water partition coefficient (Wildman–Crippen LogP) is 4.34. The molecule has 5 aromatic rings. The Morgan fingerprint density at radius 3 is 2.66 bits per heavy atom. The molecule has 0 spiro atoms. The number of ether oxygens (including phenoxy) is 1. The Labute approximate surface area is 203 Å². The minimum atomic E-state index is -0.536. The quantitative estimate of drug-likeness (QED) is 0.262. The van der Waals surface area contributed by atoms with E-state index in [1.807, 2.05) is 66.7 Å². The second-order valence-electron chi connectivity index (χ2n) is 7.43. The molecule has 9 nitrogen and oxygen atoms in total. The van der Waals surface area contributed by atoms with E-state index in [0.29, 0.717) is 17.9 Å². The first-order chi connectivity index (χ1) is 17.2. The van der Waals surface area contributed by atoms with Crippen LogP contribution in [0.5, 0.6) is 5.75 Å². The van der Waals surface area contributed by atoms with E-state index in [2.05, 4.69) is 29.2 Å². The topological polar surface area (TPSA) is 129 Å². The monoisotopic (exact) mass is 479 g/mol. The van der Waals surface area contributed by atoms with Crippen molar-refractivity contribution < 1.29 is 4.74 Å². The van der Waals surface area contributed by atoms with E-state index in [9.17, 15) is 10.1 Å². The van der Waals surface area contributed by atoms with Gasteiger partial charge in [-0.2, -0.15) is 19.1 Å². The van der Waals surface area contributed by atoms with Gasteiger partial charge in [0, 0.05) is 5.56 Å². The van der Waals surface area contributed by atoms with E-state index in [1.54, 1.807) is 18.3 Å². The van der Waals surface area contributed by atoms with Gasteiger partial charge in [0.25, 0.3) is 5.56 Å². The molecule has 170 valence electrons. The number of hydrogen-bond donors (Lipinski definition) is 2. The highest BCUT2D eigenvalue weighted by Crippen LogP contribution is 2.20. The molecule has 3 aromatic carbocycles. The third-order valence-corrected chi connectivity index (χ3v) is 5.62. The average molecular weight is 480 g/mol. The van der Waals surface area contributed by atoms with E-state index in [0.717, 1.165) is 27.9 Å². The molecule has 0 saturated carbocycles. The van der Waals surface area contributed by atoms with Crippen LogP contribution in [0.4, 0.5) is 5.95 Å². The molecular formula is C25H17N7O2S. The van der Waals surface area contributed by atoms with Gasteiger partial charge in [-0.3, -0.25) is 9.78 Å². The number of anilines is 1. The highest BCUT2D eigenvalue weighted by Gasteiger charge is 2.12. The number of nitrogens with zero attached hydrogens (tertiary/aromatic N) is 5. The summed E-state index contributed by atoms with van der Waals surface area (Å²) in [5.41, 5.74) is 6.67. The molecule has 0 aliphatic heterocycles. The van der Waals surface area contributed by atoms with Crippen molar-refractivity contribution in [1.82, 2.24) is 18.7 Å². The highest BCUT2D eigenvalue weighted by molar-refractivity contribution is 7.00. The van der Waals surface area contributed by atoms with E-state index in [4.69, 9.17) is 4.74 Å². The van der Waals surface area contributed by atoms with E-state index < -0.39 is 5.56 Å². The summed E-state index contributed by atoms with van der Waals surface area (Å²) in [5, 5.41) is 13.5. The summed E-state index contributed by atoms with van der Waals surface area (Å²) in [4.78, 5) is 19.2. The van der Waals surface area contributed by atoms with Crippen molar-refractivity contribution in [2.24, 2.45) is 5.10 Å². The molecular weight excluding hydrogens is 462 g/mol. The van der Waals surface area contributed by atoms with E-state index in [1.165, 1.54) is 11.7 Å². The molecule has 2 aromatic heterocycles. The lowest BCUT2D eigenvalue weighted by molar-refractivity contribution is 0.306. The van der Waals surface area contributed by atoms with Crippen LogP contribution < -0.4 is 15.7 Å². The standard InChI is InChI=1S/C25H17N7O2S/c26-13-20-23(18-4-2-1-3-5-18)28-25(29-24(20)33)30-27-14-16-6-9-19(10-7-16)34-15-17-8-11-21-22(12-17)32-35-31-21/h1-12,14H,15H2,(H2,28,29,30,33). The smallest absolute Gasteiger partial charge is 0.270 e. The molecule has 0 aliphatic rings. The molecule has 0 aliphatic carbocycles. The Hall–Kier alpha value is -4.88. The zero-order chi connectivity index (χ0) is 24.0. The normalized spacial score (nSPS) is 10.9. The molecule has 10 heteroatoms. The molecule has 2 N–H and O–H groups in total. The summed E-state index contributed by atoms with van der Waals surface area (Å²) in [7, 11) is 0. The predicted molar refractivity (Wildman–Crippen MR) is 134 cm³/mol. The van der Waals surface area contributed by atoms with Crippen LogP contribution in [0.15, 0.2) is 82.7 Å². The van der Waals surface area contributed by atoms with Crippen molar-refractivity contribution in [1.29, 1.82) is 5.26 Å². The summed E-state index contributed by atoms with van der Waals surface area (Å²) in [6.45, 7) is 0.421. The Morgan fingerprint density at radius 1 is 1.06 bits per heavy atom. The fourth-order valence-electron chi connectivity index (χ4n) is 3.34. The maximum Gasteiger partial charge on any atom is 0.270 e. The van der Waals surface area contributed by atoms with Crippen LogP contribution in [0.2, 0.25) is 0 Å².